The van der Waals surface area contributed by atoms with Crippen molar-refractivity contribution in [2.24, 2.45) is 0 Å². The number of thiophene rings is 1. The Hall–Kier alpha value is -18.0. The van der Waals surface area contributed by atoms with Crippen LogP contribution in [0.15, 0.2) is 504 Å². The van der Waals surface area contributed by atoms with Gasteiger partial charge in [-0.1, -0.05) is 291 Å². The number of para-hydroxylation sites is 9. The highest BCUT2D eigenvalue weighted by Gasteiger charge is 2.24. The summed E-state index contributed by atoms with van der Waals surface area (Å²) in [6.07, 6.45) is 3.71. The molecule has 21 aromatic carbocycles. The van der Waals surface area contributed by atoms with E-state index in [9.17, 15) is 0 Å². The average Bonchev–Trinajstić information content (AvgIpc) is 1.62. The minimum atomic E-state index is 1.16. The first-order valence-electron chi connectivity index (χ1n) is 46.9. The van der Waals surface area contributed by atoms with E-state index in [-0.39, 0.29) is 0 Å². The van der Waals surface area contributed by atoms with Gasteiger partial charge < -0.3 is 27.4 Å². The Kier molecular flexibility index (Phi) is 18.7. The van der Waals surface area contributed by atoms with Gasteiger partial charge in [-0.05, 0) is 256 Å². The van der Waals surface area contributed by atoms with E-state index in [1.54, 1.807) is 0 Å². The zero-order chi connectivity index (χ0) is 90.1. The van der Waals surface area contributed by atoms with Gasteiger partial charge in [-0.2, -0.15) is 0 Å². The maximum Gasteiger partial charge on any atom is 0.0541 e. The molecule has 0 unspecified atom stereocenters. The smallest absolute Gasteiger partial charge is 0.0541 e. The van der Waals surface area contributed by atoms with Gasteiger partial charge in [0.05, 0.1) is 71.9 Å². The molecule has 8 heterocycles. The van der Waals surface area contributed by atoms with Crippen LogP contribution < -0.4 is 0 Å². The van der Waals surface area contributed by atoms with Gasteiger partial charge in [0.2, 0.25) is 0 Å². The van der Waals surface area contributed by atoms with E-state index >= 15 is 0 Å². The molecule has 29 rings (SSSR count). The second-order valence-electron chi connectivity index (χ2n) is 35.6. The second-order valence-corrected chi connectivity index (χ2v) is 36.7. The highest BCUT2D eigenvalue weighted by molar-refractivity contribution is 7.26. The SMILES string of the molecule is c1ccc(-c2cc(-n3c4ccccc4c4cc(-c5ccc6c(c5)c5ccccc5n6-c5ccccc5)ccc43)cc3c2sc2ccccc23)cc1.c1ccc(-n2c3ccccc3c3cc(-c4ccc5c(c4)c4cc(-c6ccncc6)ccc4n5-c4ccccc4)ccc32)cc1.c1ccc(-n2c3ccccc3c3cc(-c4ccc5c(c4)c4ccccc4n5-c4cccc5ccccc45)ccc32)cc1. The first-order chi connectivity index (χ1) is 68.0. The molecule has 0 saturated heterocycles. The summed E-state index contributed by atoms with van der Waals surface area (Å²) in [5.41, 5.74) is 33.8. The molecule has 640 valence electrons. The van der Waals surface area contributed by atoms with Crippen LogP contribution in [0.5, 0.6) is 0 Å². The Morgan fingerprint density at radius 3 is 0.796 bits per heavy atom. The molecule has 0 amide bonds. The van der Waals surface area contributed by atoms with Crippen LogP contribution in [0.25, 0.3) is 252 Å². The molecule has 0 saturated carbocycles. The van der Waals surface area contributed by atoms with Gasteiger partial charge in [0, 0.05) is 137 Å². The van der Waals surface area contributed by atoms with E-state index in [2.05, 4.69) is 524 Å². The summed E-state index contributed by atoms with van der Waals surface area (Å²) >= 11 is 1.89. The molecule has 0 radical (unpaired) electrons. The third kappa shape index (κ3) is 13.1. The molecule has 0 aliphatic carbocycles. The van der Waals surface area contributed by atoms with Gasteiger partial charge in [-0.15, -0.1) is 11.3 Å². The maximum atomic E-state index is 4.23. The van der Waals surface area contributed by atoms with Crippen molar-refractivity contribution >= 4 is 173 Å². The molecule has 8 heteroatoms. The molecule has 0 aliphatic heterocycles. The zero-order valence-electron chi connectivity index (χ0n) is 74.5. The predicted octanol–water partition coefficient (Wildman–Crippen LogP) is 34.9. The van der Waals surface area contributed by atoms with Crippen LogP contribution in [0.1, 0.15) is 0 Å². The van der Waals surface area contributed by atoms with Gasteiger partial charge >= 0.3 is 0 Å². The Labute approximate surface area is 793 Å². The van der Waals surface area contributed by atoms with Crippen LogP contribution in [0.3, 0.4) is 0 Å². The first-order valence-corrected chi connectivity index (χ1v) is 47.7. The lowest BCUT2D eigenvalue weighted by molar-refractivity contribution is 1.18. The molecule has 8 aromatic heterocycles. The summed E-state index contributed by atoms with van der Waals surface area (Å²) in [7, 11) is 0. The van der Waals surface area contributed by atoms with Gasteiger partial charge in [0.1, 0.15) is 0 Å². The van der Waals surface area contributed by atoms with Crippen LogP contribution in [-0.4, -0.2) is 32.4 Å². The highest BCUT2D eigenvalue weighted by atomic mass is 32.1. The number of hydrogen-bond acceptors (Lipinski definition) is 2. The lowest BCUT2D eigenvalue weighted by Gasteiger charge is -2.13. The minimum absolute atomic E-state index is 1.16. The summed E-state index contributed by atoms with van der Waals surface area (Å²) in [6, 6.07) is 179. The molecule has 0 aliphatic rings. The van der Waals surface area contributed by atoms with Gasteiger partial charge in [-0.3, -0.25) is 4.98 Å². The third-order valence-electron chi connectivity index (χ3n) is 28.0. The highest BCUT2D eigenvalue weighted by Crippen LogP contribution is 2.48. The molecule has 0 fully saturated rings. The van der Waals surface area contributed by atoms with E-state index in [4.69, 9.17) is 0 Å². The van der Waals surface area contributed by atoms with Gasteiger partial charge in [0.25, 0.3) is 0 Å². The Balaban J connectivity index is 0.000000104. The fourth-order valence-corrected chi connectivity index (χ4v) is 23.0. The number of hydrogen-bond donors (Lipinski definition) is 0. The van der Waals surface area contributed by atoms with E-state index in [0.29, 0.717) is 0 Å². The Morgan fingerprint density at radius 2 is 0.423 bits per heavy atom. The molecule has 137 heavy (non-hydrogen) atoms. The van der Waals surface area contributed by atoms with E-state index in [0.717, 1.165) is 5.69 Å². The lowest BCUT2D eigenvalue weighted by atomic mass is 9.99. The molecular weight excluding hydrogens is 1680 g/mol. The van der Waals surface area contributed by atoms with E-state index < -0.39 is 0 Å². The molecular formula is C129H83N7S. The van der Waals surface area contributed by atoms with Crippen LogP contribution in [0, 0.1) is 0 Å². The second kappa shape index (κ2) is 32.5. The van der Waals surface area contributed by atoms with Crippen molar-refractivity contribution < 1.29 is 0 Å². The van der Waals surface area contributed by atoms with Crippen LogP contribution >= 0.6 is 11.3 Å². The molecule has 0 spiro atoms. The Morgan fingerprint density at radius 1 is 0.153 bits per heavy atom. The summed E-state index contributed by atoms with van der Waals surface area (Å²) in [5, 5.41) is 20.2. The molecule has 7 nitrogen and oxygen atoms in total. The number of rotatable bonds is 11. The fraction of sp³-hybridized carbons (Fsp3) is 0. The number of aromatic nitrogens is 7. The largest absolute Gasteiger partial charge is 0.309 e. The van der Waals surface area contributed by atoms with Crippen molar-refractivity contribution in [1.29, 1.82) is 0 Å². The summed E-state index contributed by atoms with van der Waals surface area (Å²) in [4.78, 5) is 4.23. The number of fused-ring (bicyclic) bond motifs is 22. The third-order valence-corrected chi connectivity index (χ3v) is 29.2. The van der Waals surface area contributed by atoms with Crippen LogP contribution in [0.4, 0.5) is 0 Å². The van der Waals surface area contributed by atoms with Crippen molar-refractivity contribution in [2.75, 3.05) is 0 Å². The summed E-state index contributed by atoms with van der Waals surface area (Å²) < 4.78 is 17.0. The summed E-state index contributed by atoms with van der Waals surface area (Å²) in [5.74, 6) is 0. The van der Waals surface area contributed by atoms with E-state index in [1.165, 1.54) is 246 Å². The van der Waals surface area contributed by atoms with Gasteiger partial charge in [0.15, 0.2) is 0 Å². The maximum absolute atomic E-state index is 4.23. The summed E-state index contributed by atoms with van der Waals surface area (Å²) in [6.45, 7) is 0. The van der Waals surface area contributed by atoms with E-state index in [1.807, 2.05) is 23.7 Å². The normalized spacial score (nSPS) is 11.8. The van der Waals surface area contributed by atoms with Crippen molar-refractivity contribution in [3.05, 3.63) is 504 Å². The first kappa shape index (κ1) is 78.9. The van der Waals surface area contributed by atoms with Crippen LogP contribution in [-0.2, 0) is 0 Å². The number of nitrogens with zero attached hydrogens (tertiary/aromatic N) is 7. The monoisotopic (exact) mass is 1760 g/mol. The van der Waals surface area contributed by atoms with Gasteiger partial charge in [-0.25, -0.2) is 0 Å². The standard InChI is InChI=1S/C48H30N2S.C41H27N3.C40H26N2/c1-3-13-31(14-4-1)39-29-35(30-42-38-19-9-12-22-47(38)51-48(39)42)50-44-21-11-8-18-37(44)41-28-33(24-26-46(41)50)32-23-25-45-40(27-32)36-17-7-10-20-43(36)49(45)34-15-5-2-6-16-34;1-3-9-32(10-4-1)43-38-14-8-7-13-34(38)35-26-30(16-19-39(35)43)31-17-20-41-37(27-31)36-25-29(28-21-23-42-24-22-28)15-18-40(36)44(41)33-11-5-2-6-12-33;1-2-13-30(14-3-1)41-37-18-8-6-16-32(37)34-25-28(21-23-39(34)41)29-22-24-40-35(26-29)33-17-7-9-19-38(33)42(40)36-20-10-12-27-11-4-5-15-31(27)36/h1-30H;1-27H;1-26H. The van der Waals surface area contributed by atoms with Crippen molar-refractivity contribution in [3.63, 3.8) is 0 Å². The van der Waals surface area contributed by atoms with Crippen molar-refractivity contribution in [2.45, 2.75) is 0 Å². The molecule has 0 bridgehead atoms. The van der Waals surface area contributed by atoms with Crippen molar-refractivity contribution in [1.82, 2.24) is 32.4 Å². The minimum Gasteiger partial charge on any atom is -0.309 e. The predicted molar refractivity (Wildman–Crippen MR) is 581 cm³/mol. The quantitative estimate of drug-likeness (QED) is 0.127. The Bertz CT molecular complexity index is 9840. The fourth-order valence-electron chi connectivity index (χ4n) is 21.8. The molecule has 0 N–H and O–H groups in total. The molecule has 29 aromatic rings. The molecule has 0 atom stereocenters. The zero-order valence-corrected chi connectivity index (χ0v) is 75.3. The number of benzene rings is 21. The lowest BCUT2D eigenvalue weighted by Crippen LogP contribution is -1.95. The number of pyridine rings is 1. The topological polar surface area (TPSA) is 42.5 Å². The average molecular weight is 1760 g/mol. The van der Waals surface area contributed by atoms with Crippen LogP contribution in [0.2, 0.25) is 0 Å². The van der Waals surface area contributed by atoms with Crippen molar-refractivity contribution in [3.8, 4) is 89.8 Å².